The molecule has 166 valence electrons. The van der Waals surface area contributed by atoms with Gasteiger partial charge < -0.3 is 14.5 Å². The molecule has 3 atom stereocenters. The summed E-state index contributed by atoms with van der Waals surface area (Å²) in [4.78, 5) is 24.7. The molecule has 4 rings (SSSR count). The number of aromatic nitrogens is 2. The van der Waals surface area contributed by atoms with E-state index in [1.165, 1.54) is 25.6 Å². The van der Waals surface area contributed by atoms with E-state index in [-0.39, 0.29) is 17.8 Å². The third-order valence-corrected chi connectivity index (χ3v) is 6.14. The fourth-order valence-corrected chi connectivity index (χ4v) is 4.55. The van der Waals surface area contributed by atoms with Crippen LogP contribution in [0.1, 0.15) is 24.5 Å². The number of nitrogens with zero attached hydrogens (tertiary/aromatic N) is 5. The average Bonchev–Trinajstić information content (AvgIpc) is 3.01. The molecule has 0 saturated carbocycles. The molecule has 2 aromatic heterocycles. The Morgan fingerprint density at radius 1 is 1.31 bits per heavy atom. The zero-order chi connectivity index (χ0) is 22.9. The standard InChI is InChI=1S/C23H23F2N5O2/c1-15-9-17-13-29(14-19(15)30(17)21-4-3-16(10-26)11-28-21)22(31)5-7-23(24,25)18-12-27-8-6-20(18)32-2/h3-8,11-12,15,17,19H,9,13-14H2,1-2H3/b7-5+/t15-,17?,19?/m0/s1. The summed E-state index contributed by atoms with van der Waals surface area (Å²) in [6.07, 6.45) is 6.36. The number of halogens is 2. The lowest BCUT2D eigenvalue weighted by molar-refractivity contribution is -0.127. The Morgan fingerprint density at radius 3 is 2.78 bits per heavy atom. The zero-order valence-corrected chi connectivity index (χ0v) is 17.8. The summed E-state index contributed by atoms with van der Waals surface area (Å²) in [5.41, 5.74) is 0.0937. The van der Waals surface area contributed by atoms with Crippen LogP contribution in [0.5, 0.6) is 5.75 Å². The van der Waals surface area contributed by atoms with Crippen LogP contribution >= 0.6 is 0 Å². The summed E-state index contributed by atoms with van der Waals surface area (Å²) < 4.78 is 34.4. The highest BCUT2D eigenvalue weighted by atomic mass is 19.3. The van der Waals surface area contributed by atoms with E-state index in [0.717, 1.165) is 24.5 Å². The van der Waals surface area contributed by atoms with E-state index >= 15 is 0 Å². The minimum absolute atomic E-state index is 0.0116. The topological polar surface area (TPSA) is 82.4 Å². The van der Waals surface area contributed by atoms with Gasteiger partial charge in [-0.25, -0.2) is 4.98 Å². The molecule has 2 fully saturated rings. The van der Waals surface area contributed by atoms with Gasteiger partial charge in [0.25, 0.3) is 5.92 Å². The minimum Gasteiger partial charge on any atom is -0.496 e. The second-order valence-corrected chi connectivity index (χ2v) is 8.13. The van der Waals surface area contributed by atoms with E-state index in [4.69, 9.17) is 10.00 Å². The predicted octanol–water partition coefficient (Wildman–Crippen LogP) is 3.13. The molecule has 4 heterocycles. The number of hydrogen-bond donors (Lipinski definition) is 0. The molecule has 9 heteroatoms. The van der Waals surface area contributed by atoms with Crippen molar-refractivity contribution in [1.29, 1.82) is 5.26 Å². The Kier molecular flexibility index (Phi) is 5.78. The fourth-order valence-electron chi connectivity index (χ4n) is 4.55. The molecule has 2 aliphatic rings. The second-order valence-electron chi connectivity index (χ2n) is 8.13. The van der Waals surface area contributed by atoms with E-state index < -0.39 is 17.4 Å². The van der Waals surface area contributed by atoms with E-state index in [1.807, 2.05) is 6.07 Å². The maximum atomic E-state index is 14.7. The van der Waals surface area contributed by atoms with Crippen molar-refractivity contribution in [3.05, 3.63) is 60.1 Å². The number of carbonyl (C=O) groups is 1. The first-order chi connectivity index (χ1) is 15.3. The lowest BCUT2D eigenvalue weighted by Gasteiger charge is -2.42. The van der Waals surface area contributed by atoms with E-state index in [0.29, 0.717) is 30.6 Å². The molecule has 0 radical (unpaired) electrons. The first-order valence-corrected chi connectivity index (χ1v) is 10.3. The lowest BCUT2D eigenvalue weighted by atomic mass is 10.0. The van der Waals surface area contributed by atoms with Crippen molar-refractivity contribution in [2.45, 2.75) is 31.4 Å². The number of anilines is 1. The van der Waals surface area contributed by atoms with Gasteiger partial charge in [-0.3, -0.25) is 9.78 Å². The van der Waals surface area contributed by atoms with Crippen molar-refractivity contribution in [3.8, 4) is 11.8 Å². The van der Waals surface area contributed by atoms with Crippen LogP contribution in [-0.4, -0.2) is 53.1 Å². The van der Waals surface area contributed by atoms with E-state index in [9.17, 15) is 13.6 Å². The quantitative estimate of drug-likeness (QED) is 0.666. The molecule has 1 amide bonds. The third kappa shape index (κ3) is 4.00. The van der Waals surface area contributed by atoms with Gasteiger partial charge in [0.15, 0.2) is 0 Å². The number of hydrogen-bond acceptors (Lipinski definition) is 6. The fraction of sp³-hybridized carbons (Fsp3) is 0.391. The summed E-state index contributed by atoms with van der Waals surface area (Å²) in [7, 11) is 1.31. The number of fused-ring (bicyclic) bond motifs is 2. The van der Waals surface area contributed by atoms with Gasteiger partial charge in [0.1, 0.15) is 17.6 Å². The molecule has 2 aliphatic heterocycles. The van der Waals surface area contributed by atoms with Gasteiger partial charge in [0.2, 0.25) is 5.91 Å². The average molecular weight is 439 g/mol. The monoisotopic (exact) mass is 439 g/mol. The predicted molar refractivity (Wildman–Crippen MR) is 113 cm³/mol. The van der Waals surface area contributed by atoms with Crippen molar-refractivity contribution >= 4 is 11.7 Å². The third-order valence-electron chi connectivity index (χ3n) is 6.14. The van der Waals surface area contributed by atoms with E-state index in [1.54, 1.807) is 11.0 Å². The van der Waals surface area contributed by atoms with Crippen molar-refractivity contribution in [2.24, 2.45) is 5.92 Å². The lowest BCUT2D eigenvalue weighted by Crippen LogP contribution is -2.56. The van der Waals surface area contributed by atoms with Crippen LogP contribution in [0.3, 0.4) is 0 Å². The first kappa shape index (κ1) is 21.7. The molecule has 2 unspecified atom stereocenters. The van der Waals surface area contributed by atoms with Crippen LogP contribution in [0.25, 0.3) is 0 Å². The molecule has 7 nitrogen and oxygen atoms in total. The molecule has 32 heavy (non-hydrogen) atoms. The number of carbonyl (C=O) groups excluding carboxylic acids is 1. The number of ether oxygens (including phenoxy) is 1. The van der Waals surface area contributed by atoms with Crippen molar-refractivity contribution < 1.29 is 18.3 Å². The Morgan fingerprint density at radius 2 is 2.12 bits per heavy atom. The van der Waals surface area contributed by atoms with E-state index in [2.05, 4.69) is 27.9 Å². The molecule has 2 saturated heterocycles. The molecule has 0 N–H and O–H groups in total. The summed E-state index contributed by atoms with van der Waals surface area (Å²) in [5, 5.41) is 8.98. The number of pyridine rings is 2. The molecule has 0 spiro atoms. The Balaban J connectivity index is 1.49. The summed E-state index contributed by atoms with van der Waals surface area (Å²) in [5.74, 6) is -2.75. The molecule has 0 aromatic carbocycles. The van der Waals surface area contributed by atoms with Gasteiger partial charge in [-0.05, 0) is 36.6 Å². The van der Waals surface area contributed by atoms with Crippen LogP contribution in [0.2, 0.25) is 0 Å². The Labute approximate surface area is 184 Å². The number of amides is 1. The number of methoxy groups -OCH3 is 1. The summed E-state index contributed by atoms with van der Waals surface area (Å²) in [6.45, 7) is 2.96. The normalized spacial score (nSPS) is 22.8. The SMILES string of the molecule is COc1ccncc1C(F)(F)/C=C/C(=O)N1CC2C[C@H](C)C(C1)N2c1ccc(C#N)cn1. The maximum absolute atomic E-state index is 14.7. The van der Waals surface area contributed by atoms with Crippen molar-refractivity contribution in [1.82, 2.24) is 14.9 Å². The minimum atomic E-state index is -3.39. The highest BCUT2D eigenvalue weighted by Crippen LogP contribution is 2.38. The van der Waals surface area contributed by atoms with Crippen LogP contribution in [0.15, 0.2) is 48.9 Å². The highest BCUT2D eigenvalue weighted by Gasteiger charge is 2.46. The molecular weight excluding hydrogens is 416 g/mol. The van der Waals surface area contributed by atoms with Crippen LogP contribution in [-0.2, 0) is 10.7 Å². The highest BCUT2D eigenvalue weighted by molar-refractivity contribution is 5.88. The summed E-state index contributed by atoms with van der Waals surface area (Å²) in [6, 6.07) is 7.03. The van der Waals surface area contributed by atoms with Crippen molar-refractivity contribution in [3.63, 3.8) is 0 Å². The second kappa shape index (κ2) is 8.54. The molecule has 2 aromatic rings. The van der Waals surface area contributed by atoms with Crippen LogP contribution < -0.4 is 9.64 Å². The van der Waals surface area contributed by atoms with Gasteiger partial charge in [-0.1, -0.05) is 6.92 Å². The van der Waals surface area contributed by atoms with Gasteiger partial charge in [0, 0.05) is 43.8 Å². The van der Waals surface area contributed by atoms with Gasteiger partial charge in [0.05, 0.1) is 24.3 Å². The van der Waals surface area contributed by atoms with Crippen molar-refractivity contribution in [2.75, 3.05) is 25.1 Å². The maximum Gasteiger partial charge on any atom is 0.297 e. The Hall–Kier alpha value is -3.54. The smallest absolute Gasteiger partial charge is 0.297 e. The number of allylic oxidation sites excluding steroid dienone is 1. The zero-order valence-electron chi connectivity index (χ0n) is 17.8. The Bertz CT molecular complexity index is 1070. The molecule has 2 bridgehead atoms. The number of likely N-dealkylation sites (tertiary alicyclic amines) is 1. The first-order valence-electron chi connectivity index (χ1n) is 10.3. The van der Waals surface area contributed by atoms with Crippen LogP contribution in [0, 0.1) is 17.2 Å². The summed E-state index contributed by atoms with van der Waals surface area (Å²) >= 11 is 0. The number of rotatable bonds is 5. The largest absolute Gasteiger partial charge is 0.496 e. The van der Waals surface area contributed by atoms with Gasteiger partial charge in [-0.2, -0.15) is 14.0 Å². The van der Waals surface area contributed by atoms with Gasteiger partial charge >= 0.3 is 0 Å². The number of nitriles is 1. The van der Waals surface area contributed by atoms with Gasteiger partial charge in [-0.15, -0.1) is 0 Å². The number of alkyl halides is 2. The molecular formula is C23H23F2N5O2. The number of piperazine rings is 1. The van der Waals surface area contributed by atoms with Crippen LogP contribution in [0.4, 0.5) is 14.6 Å². The molecule has 0 aliphatic carbocycles.